The second kappa shape index (κ2) is 4.66. The van der Waals surface area contributed by atoms with Gasteiger partial charge in [0.1, 0.15) is 0 Å². The van der Waals surface area contributed by atoms with Crippen LogP contribution in [0.3, 0.4) is 0 Å². The lowest BCUT2D eigenvalue weighted by Gasteiger charge is -2.38. The molecule has 1 saturated carbocycles. The minimum Gasteiger partial charge on any atom is -0.383 e. The molecule has 1 aromatic carbocycles. The number of anilines is 1. The third-order valence-electron chi connectivity index (χ3n) is 3.23. The molecule has 1 aromatic rings. The van der Waals surface area contributed by atoms with Crippen LogP contribution >= 0.6 is 15.9 Å². The van der Waals surface area contributed by atoms with Gasteiger partial charge in [-0.25, -0.2) is 0 Å². The topological polar surface area (TPSA) is 81.1 Å². The number of primary amides is 1. The summed E-state index contributed by atoms with van der Waals surface area (Å²) >= 11 is 3.32. The fraction of sp³-hybridized carbons (Fsp3) is 0.417. The number of nitrogens with one attached hydrogen (secondary N) is 1. The predicted octanol–water partition coefficient (Wildman–Crippen LogP) is 1.84. The molecule has 1 aliphatic rings. The first-order valence-corrected chi connectivity index (χ1v) is 6.42. The molecule has 5 heteroatoms. The lowest BCUT2D eigenvalue weighted by atomic mass is 9.78. The van der Waals surface area contributed by atoms with Gasteiger partial charge in [0, 0.05) is 22.2 Å². The van der Waals surface area contributed by atoms with Crippen LogP contribution in [0.25, 0.3) is 0 Å². The van der Waals surface area contributed by atoms with Crippen LogP contribution in [0.4, 0.5) is 5.69 Å². The van der Waals surface area contributed by atoms with E-state index in [1.807, 2.05) is 12.1 Å². The van der Waals surface area contributed by atoms with E-state index in [9.17, 15) is 4.79 Å². The second-order valence-corrected chi connectivity index (χ2v) is 5.54. The quantitative estimate of drug-likeness (QED) is 0.793. The van der Waals surface area contributed by atoms with E-state index < -0.39 is 5.91 Å². The van der Waals surface area contributed by atoms with Crippen LogP contribution in [-0.4, -0.2) is 18.0 Å². The van der Waals surface area contributed by atoms with E-state index in [1.165, 1.54) is 6.42 Å². The maximum Gasteiger partial charge on any atom is 0.250 e. The van der Waals surface area contributed by atoms with Crippen molar-refractivity contribution in [3.8, 4) is 0 Å². The number of hydrogen-bond donors (Lipinski definition) is 3. The van der Waals surface area contributed by atoms with Gasteiger partial charge in [-0.1, -0.05) is 15.9 Å². The Hall–Kier alpha value is -1.07. The number of halogens is 1. The third kappa shape index (κ3) is 2.79. The van der Waals surface area contributed by atoms with Crippen molar-refractivity contribution in [3.63, 3.8) is 0 Å². The van der Waals surface area contributed by atoms with Crippen molar-refractivity contribution in [1.82, 2.24) is 0 Å². The lowest BCUT2D eigenvalue weighted by molar-refractivity contribution is 0.100. The number of carbonyl (C=O) groups is 1. The van der Waals surface area contributed by atoms with Gasteiger partial charge in [-0.3, -0.25) is 4.79 Å². The van der Waals surface area contributed by atoms with Gasteiger partial charge in [0.15, 0.2) is 0 Å². The Labute approximate surface area is 109 Å². The monoisotopic (exact) mass is 297 g/mol. The fourth-order valence-corrected chi connectivity index (χ4v) is 2.31. The summed E-state index contributed by atoms with van der Waals surface area (Å²) in [7, 11) is 0. The zero-order valence-electron chi connectivity index (χ0n) is 9.50. The van der Waals surface area contributed by atoms with Crippen molar-refractivity contribution in [3.05, 3.63) is 28.2 Å². The number of carbonyl (C=O) groups excluding carboxylic acids is 1. The van der Waals surface area contributed by atoms with Crippen LogP contribution < -0.4 is 16.8 Å². The van der Waals surface area contributed by atoms with Gasteiger partial charge in [0.25, 0.3) is 5.91 Å². The molecule has 1 aliphatic carbocycles. The summed E-state index contributed by atoms with van der Waals surface area (Å²) in [5.41, 5.74) is 12.6. The maximum atomic E-state index is 11.3. The largest absolute Gasteiger partial charge is 0.383 e. The summed E-state index contributed by atoms with van der Waals surface area (Å²) in [5, 5.41) is 3.22. The molecule has 1 fully saturated rings. The van der Waals surface area contributed by atoms with Gasteiger partial charge < -0.3 is 16.8 Å². The molecule has 0 bridgehead atoms. The normalized spacial score (nSPS) is 17.3. The van der Waals surface area contributed by atoms with Gasteiger partial charge in [-0.2, -0.15) is 0 Å². The van der Waals surface area contributed by atoms with Crippen LogP contribution in [0.5, 0.6) is 0 Å². The zero-order valence-corrected chi connectivity index (χ0v) is 11.1. The summed E-state index contributed by atoms with van der Waals surface area (Å²) in [6, 6.07) is 5.43. The average molecular weight is 298 g/mol. The summed E-state index contributed by atoms with van der Waals surface area (Å²) in [4.78, 5) is 11.3. The Bertz CT molecular complexity index is 443. The van der Waals surface area contributed by atoms with Crippen molar-refractivity contribution in [2.45, 2.75) is 24.8 Å². The molecule has 4 nitrogen and oxygen atoms in total. The standard InChI is InChI=1S/C12H16BrN3O/c13-8-2-3-10(9(6-8)11(14)17)16-7-12(15)4-1-5-12/h2-3,6,16H,1,4-5,7,15H2,(H2,14,17). The van der Waals surface area contributed by atoms with E-state index in [0.717, 1.165) is 23.0 Å². The fourth-order valence-electron chi connectivity index (χ4n) is 1.95. The highest BCUT2D eigenvalue weighted by Crippen LogP contribution is 2.30. The van der Waals surface area contributed by atoms with Gasteiger partial charge >= 0.3 is 0 Å². The molecule has 1 amide bonds. The molecular formula is C12H16BrN3O. The Kier molecular flexibility index (Phi) is 3.40. The second-order valence-electron chi connectivity index (χ2n) is 4.62. The molecule has 0 aliphatic heterocycles. The first-order chi connectivity index (χ1) is 8.00. The maximum absolute atomic E-state index is 11.3. The van der Waals surface area contributed by atoms with Gasteiger partial charge in [-0.05, 0) is 37.5 Å². The first kappa shape index (κ1) is 12.4. The molecule has 2 rings (SSSR count). The Morgan fingerprint density at radius 3 is 2.71 bits per heavy atom. The van der Waals surface area contributed by atoms with E-state index in [2.05, 4.69) is 21.2 Å². The predicted molar refractivity (Wildman–Crippen MR) is 71.9 cm³/mol. The third-order valence-corrected chi connectivity index (χ3v) is 3.72. The van der Waals surface area contributed by atoms with Crippen molar-refractivity contribution in [2.75, 3.05) is 11.9 Å². The van der Waals surface area contributed by atoms with E-state index in [1.54, 1.807) is 6.07 Å². The van der Waals surface area contributed by atoms with Crippen LogP contribution in [0.2, 0.25) is 0 Å². The molecule has 0 radical (unpaired) electrons. The summed E-state index contributed by atoms with van der Waals surface area (Å²) in [6.07, 6.45) is 3.24. The van der Waals surface area contributed by atoms with E-state index in [-0.39, 0.29) is 5.54 Å². The van der Waals surface area contributed by atoms with E-state index in [0.29, 0.717) is 12.1 Å². The Morgan fingerprint density at radius 2 is 2.18 bits per heavy atom. The van der Waals surface area contributed by atoms with Crippen LogP contribution in [-0.2, 0) is 0 Å². The van der Waals surface area contributed by atoms with Crippen LogP contribution in [0.15, 0.2) is 22.7 Å². The van der Waals surface area contributed by atoms with Gasteiger partial charge in [-0.15, -0.1) is 0 Å². The van der Waals surface area contributed by atoms with Crippen LogP contribution in [0.1, 0.15) is 29.6 Å². The summed E-state index contributed by atoms with van der Waals surface area (Å²) in [6.45, 7) is 0.676. The number of rotatable bonds is 4. The molecule has 0 spiro atoms. The smallest absolute Gasteiger partial charge is 0.250 e. The minimum absolute atomic E-state index is 0.123. The first-order valence-electron chi connectivity index (χ1n) is 5.62. The molecule has 5 N–H and O–H groups in total. The van der Waals surface area contributed by atoms with E-state index in [4.69, 9.17) is 11.5 Å². The number of hydrogen-bond acceptors (Lipinski definition) is 3. The van der Waals surface area contributed by atoms with Gasteiger partial charge in [0.2, 0.25) is 0 Å². The van der Waals surface area contributed by atoms with Crippen molar-refractivity contribution in [2.24, 2.45) is 11.5 Å². The summed E-state index contributed by atoms with van der Waals surface area (Å²) in [5.74, 6) is -0.437. The lowest BCUT2D eigenvalue weighted by Crippen LogP contribution is -2.52. The molecule has 0 atom stereocenters. The van der Waals surface area contributed by atoms with Crippen molar-refractivity contribution < 1.29 is 4.79 Å². The van der Waals surface area contributed by atoms with Crippen molar-refractivity contribution in [1.29, 1.82) is 0 Å². The molecule has 0 aromatic heterocycles. The highest BCUT2D eigenvalue weighted by Gasteiger charge is 2.32. The van der Waals surface area contributed by atoms with Gasteiger partial charge in [0.05, 0.1) is 5.56 Å². The highest BCUT2D eigenvalue weighted by molar-refractivity contribution is 9.10. The minimum atomic E-state index is -0.437. The molecule has 92 valence electrons. The number of nitrogens with two attached hydrogens (primary N) is 2. The molecule has 0 saturated heterocycles. The highest BCUT2D eigenvalue weighted by atomic mass is 79.9. The zero-order chi connectivity index (χ0) is 12.5. The average Bonchev–Trinajstić information content (AvgIpc) is 2.24. The molecule has 17 heavy (non-hydrogen) atoms. The molecule has 0 heterocycles. The molecule has 0 unspecified atom stereocenters. The molecular weight excluding hydrogens is 282 g/mol. The number of amides is 1. The Morgan fingerprint density at radius 1 is 1.47 bits per heavy atom. The Balaban J connectivity index is 2.12. The summed E-state index contributed by atoms with van der Waals surface area (Å²) < 4.78 is 0.836. The SMILES string of the molecule is NC(=O)c1cc(Br)ccc1NCC1(N)CCC1. The van der Waals surface area contributed by atoms with Crippen molar-refractivity contribution >= 4 is 27.5 Å². The van der Waals surface area contributed by atoms with E-state index >= 15 is 0 Å². The number of benzene rings is 1. The van der Waals surface area contributed by atoms with Crippen LogP contribution in [0, 0.1) is 0 Å².